The molecule has 0 saturated carbocycles. The molecule has 1 aromatic rings. The van der Waals surface area contributed by atoms with E-state index >= 15 is 0 Å². The molecule has 0 aliphatic heterocycles. The summed E-state index contributed by atoms with van der Waals surface area (Å²) in [6.45, 7) is 6.53. The van der Waals surface area contributed by atoms with Gasteiger partial charge in [0.25, 0.3) is 0 Å². The van der Waals surface area contributed by atoms with Crippen LogP contribution in [0.1, 0.15) is 29.7 Å². The molecule has 1 aromatic carbocycles. The summed E-state index contributed by atoms with van der Waals surface area (Å²) in [7, 11) is 5.18. The Balaban J connectivity index is 2.53. The Kier molecular flexibility index (Phi) is 6.56. The molecule has 0 bridgehead atoms. The van der Waals surface area contributed by atoms with Crippen LogP contribution in [0.25, 0.3) is 0 Å². The quantitative estimate of drug-likeness (QED) is 0.866. The summed E-state index contributed by atoms with van der Waals surface area (Å²) >= 11 is 0. The van der Waals surface area contributed by atoms with Crippen molar-refractivity contribution < 1.29 is 9.59 Å². The van der Waals surface area contributed by atoms with Crippen molar-refractivity contribution in [2.45, 2.75) is 26.8 Å². The zero-order valence-corrected chi connectivity index (χ0v) is 14.4. The molecule has 0 saturated heterocycles. The molecule has 0 fully saturated rings. The first-order valence-electron chi connectivity index (χ1n) is 7.46. The van der Waals surface area contributed by atoms with Crippen molar-refractivity contribution in [1.82, 2.24) is 15.1 Å². The van der Waals surface area contributed by atoms with E-state index in [-0.39, 0.29) is 30.9 Å². The van der Waals surface area contributed by atoms with Gasteiger partial charge in [0.1, 0.15) is 0 Å². The number of aryl methyl sites for hydroxylation is 2. The van der Waals surface area contributed by atoms with Crippen LogP contribution < -0.4 is 5.32 Å². The van der Waals surface area contributed by atoms with Crippen LogP contribution in [0.15, 0.2) is 18.2 Å². The van der Waals surface area contributed by atoms with Crippen molar-refractivity contribution >= 4 is 11.8 Å². The Morgan fingerprint density at radius 2 is 1.73 bits per heavy atom. The molecule has 2 amide bonds. The van der Waals surface area contributed by atoms with Crippen LogP contribution in [0.3, 0.4) is 0 Å². The van der Waals surface area contributed by atoms with Gasteiger partial charge in [0.2, 0.25) is 11.8 Å². The van der Waals surface area contributed by atoms with Gasteiger partial charge in [-0.05, 0) is 44.5 Å². The van der Waals surface area contributed by atoms with Crippen LogP contribution >= 0.6 is 0 Å². The molecular weight excluding hydrogens is 278 g/mol. The Morgan fingerprint density at radius 1 is 1.09 bits per heavy atom. The van der Waals surface area contributed by atoms with Crippen molar-refractivity contribution in [3.8, 4) is 0 Å². The fraction of sp³-hybridized carbons (Fsp3) is 0.529. The van der Waals surface area contributed by atoms with E-state index in [2.05, 4.69) is 31.3 Å². The van der Waals surface area contributed by atoms with Gasteiger partial charge in [-0.3, -0.25) is 14.5 Å². The topological polar surface area (TPSA) is 52.7 Å². The number of benzene rings is 1. The van der Waals surface area contributed by atoms with Crippen molar-refractivity contribution in [3.63, 3.8) is 0 Å². The number of nitrogens with one attached hydrogen (secondary N) is 1. The average molecular weight is 305 g/mol. The maximum atomic E-state index is 12.1. The standard InChI is InChI=1S/C17H27N3O2/c1-12-7-8-15(9-13(12)2)14(3)18-16(21)10-20(6)11-17(22)19(4)5/h7-9,14H,10-11H2,1-6H3,(H,18,21)/t14-/m1/s1. The van der Waals surface area contributed by atoms with Crippen molar-refractivity contribution in [2.75, 3.05) is 34.2 Å². The molecule has 0 unspecified atom stereocenters. The highest BCUT2D eigenvalue weighted by atomic mass is 16.2. The molecule has 1 N–H and O–H groups in total. The number of hydrogen-bond acceptors (Lipinski definition) is 3. The maximum absolute atomic E-state index is 12.1. The summed E-state index contributed by atoms with van der Waals surface area (Å²) in [5.41, 5.74) is 3.54. The number of hydrogen-bond donors (Lipinski definition) is 1. The highest BCUT2D eigenvalue weighted by Gasteiger charge is 2.14. The van der Waals surface area contributed by atoms with E-state index < -0.39 is 0 Å². The van der Waals surface area contributed by atoms with Gasteiger partial charge in [0.05, 0.1) is 19.1 Å². The number of carbonyl (C=O) groups is 2. The molecule has 0 aliphatic rings. The van der Waals surface area contributed by atoms with Gasteiger partial charge >= 0.3 is 0 Å². The van der Waals surface area contributed by atoms with Crippen LogP contribution in [0.2, 0.25) is 0 Å². The normalized spacial score (nSPS) is 12.1. The van der Waals surface area contributed by atoms with Crippen LogP contribution in [-0.2, 0) is 9.59 Å². The number of amides is 2. The summed E-state index contributed by atoms with van der Waals surface area (Å²) in [6.07, 6.45) is 0. The molecule has 0 aliphatic carbocycles. The maximum Gasteiger partial charge on any atom is 0.236 e. The Morgan fingerprint density at radius 3 is 2.27 bits per heavy atom. The van der Waals surface area contributed by atoms with E-state index in [9.17, 15) is 9.59 Å². The average Bonchev–Trinajstić information content (AvgIpc) is 2.41. The molecule has 1 atom stereocenters. The predicted molar refractivity (Wildman–Crippen MR) is 88.7 cm³/mol. The molecule has 22 heavy (non-hydrogen) atoms. The van der Waals surface area contributed by atoms with Crippen LogP contribution in [0.5, 0.6) is 0 Å². The monoisotopic (exact) mass is 305 g/mol. The van der Waals surface area contributed by atoms with E-state index in [0.29, 0.717) is 0 Å². The van der Waals surface area contributed by atoms with Crippen LogP contribution in [-0.4, -0.2) is 55.8 Å². The van der Waals surface area contributed by atoms with E-state index in [0.717, 1.165) is 5.56 Å². The van der Waals surface area contributed by atoms with Crippen molar-refractivity contribution in [3.05, 3.63) is 34.9 Å². The minimum absolute atomic E-state index is 0.0162. The first-order chi connectivity index (χ1) is 10.2. The summed E-state index contributed by atoms with van der Waals surface area (Å²) in [6, 6.07) is 6.14. The van der Waals surface area contributed by atoms with Crippen molar-refractivity contribution in [2.24, 2.45) is 0 Å². The second-order valence-corrected chi connectivity index (χ2v) is 6.09. The highest BCUT2D eigenvalue weighted by molar-refractivity contribution is 5.81. The summed E-state index contributed by atoms with van der Waals surface area (Å²) in [5.74, 6) is -0.0997. The minimum Gasteiger partial charge on any atom is -0.348 e. The van der Waals surface area contributed by atoms with Gasteiger partial charge in [-0.25, -0.2) is 0 Å². The number of rotatable bonds is 6. The Bertz CT molecular complexity index is 541. The fourth-order valence-electron chi connectivity index (χ4n) is 2.08. The van der Waals surface area contributed by atoms with Gasteiger partial charge in [-0.2, -0.15) is 0 Å². The molecular formula is C17H27N3O2. The molecule has 0 heterocycles. The van der Waals surface area contributed by atoms with Crippen molar-refractivity contribution in [1.29, 1.82) is 0 Å². The van der Waals surface area contributed by atoms with Gasteiger partial charge in [-0.1, -0.05) is 18.2 Å². The summed E-state index contributed by atoms with van der Waals surface area (Å²) in [5, 5.41) is 2.97. The lowest BCUT2D eigenvalue weighted by Gasteiger charge is -2.20. The first kappa shape index (κ1) is 18.2. The second-order valence-electron chi connectivity index (χ2n) is 6.09. The van der Waals surface area contributed by atoms with Crippen LogP contribution in [0.4, 0.5) is 0 Å². The lowest BCUT2D eigenvalue weighted by Crippen LogP contribution is -2.41. The minimum atomic E-state index is -0.0835. The molecule has 5 heteroatoms. The number of carbonyl (C=O) groups excluding carboxylic acids is 2. The fourth-order valence-corrected chi connectivity index (χ4v) is 2.08. The number of nitrogens with zero attached hydrogens (tertiary/aromatic N) is 2. The predicted octanol–water partition coefficient (Wildman–Crippen LogP) is 1.50. The molecule has 5 nitrogen and oxygen atoms in total. The zero-order valence-electron chi connectivity index (χ0n) is 14.4. The van der Waals surface area contributed by atoms with Gasteiger partial charge in [-0.15, -0.1) is 0 Å². The first-order valence-corrected chi connectivity index (χ1v) is 7.46. The van der Waals surface area contributed by atoms with E-state index in [1.165, 1.54) is 16.0 Å². The Hall–Kier alpha value is -1.88. The van der Waals surface area contributed by atoms with E-state index in [1.54, 1.807) is 26.0 Å². The van der Waals surface area contributed by atoms with E-state index in [4.69, 9.17) is 0 Å². The number of likely N-dealkylation sites (N-methyl/N-ethyl adjacent to an activating group) is 2. The Labute approximate surface area is 133 Å². The third kappa shape index (κ3) is 5.48. The molecule has 0 spiro atoms. The molecule has 0 radical (unpaired) electrons. The van der Waals surface area contributed by atoms with Gasteiger partial charge in [0.15, 0.2) is 0 Å². The summed E-state index contributed by atoms with van der Waals surface area (Å²) < 4.78 is 0. The smallest absolute Gasteiger partial charge is 0.236 e. The third-order valence-corrected chi connectivity index (χ3v) is 3.73. The highest BCUT2D eigenvalue weighted by Crippen LogP contribution is 2.16. The lowest BCUT2D eigenvalue weighted by molar-refractivity contribution is -0.130. The molecule has 1 rings (SSSR count). The third-order valence-electron chi connectivity index (χ3n) is 3.73. The van der Waals surface area contributed by atoms with Gasteiger partial charge < -0.3 is 10.2 Å². The van der Waals surface area contributed by atoms with E-state index in [1.807, 2.05) is 13.0 Å². The lowest BCUT2D eigenvalue weighted by atomic mass is 10.0. The molecule has 0 aromatic heterocycles. The SMILES string of the molecule is Cc1ccc([C@@H](C)NC(=O)CN(C)CC(=O)N(C)C)cc1C. The van der Waals surface area contributed by atoms with Crippen LogP contribution in [0, 0.1) is 13.8 Å². The zero-order chi connectivity index (χ0) is 16.9. The summed E-state index contributed by atoms with van der Waals surface area (Å²) in [4.78, 5) is 26.9. The van der Waals surface area contributed by atoms with Gasteiger partial charge in [0, 0.05) is 14.1 Å². The largest absolute Gasteiger partial charge is 0.348 e. The second kappa shape index (κ2) is 7.94. The molecule has 122 valence electrons.